The SMILES string of the molecule is COC(CC(C)(CN)N(C)CCCSC)OC. The van der Waals surface area contributed by atoms with Crippen LogP contribution >= 0.6 is 11.8 Å². The summed E-state index contributed by atoms with van der Waals surface area (Å²) < 4.78 is 10.5. The average molecular weight is 264 g/mol. The number of nitrogens with two attached hydrogens (primary N) is 1. The lowest BCUT2D eigenvalue weighted by molar-refractivity contribution is -0.126. The van der Waals surface area contributed by atoms with Crippen molar-refractivity contribution in [3.8, 4) is 0 Å². The van der Waals surface area contributed by atoms with Crippen LogP contribution in [0.2, 0.25) is 0 Å². The Labute approximate surface area is 110 Å². The highest BCUT2D eigenvalue weighted by molar-refractivity contribution is 7.98. The molecule has 1 unspecified atom stereocenters. The maximum atomic E-state index is 5.91. The predicted molar refractivity (Wildman–Crippen MR) is 75.5 cm³/mol. The van der Waals surface area contributed by atoms with Crippen LogP contribution in [0.15, 0.2) is 0 Å². The minimum Gasteiger partial charge on any atom is -0.356 e. The quantitative estimate of drug-likeness (QED) is 0.477. The Bertz CT molecular complexity index is 191. The van der Waals surface area contributed by atoms with E-state index in [9.17, 15) is 0 Å². The summed E-state index contributed by atoms with van der Waals surface area (Å²) in [6, 6.07) is 0. The minimum absolute atomic E-state index is 0.0743. The zero-order chi connectivity index (χ0) is 13.3. The highest BCUT2D eigenvalue weighted by atomic mass is 32.2. The number of methoxy groups -OCH3 is 2. The molecule has 104 valence electrons. The van der Waals surface area contributed by atoms with Crippen molar-refractivity contribution < 1.29 is 9.47 Å². The second kappa shape index (κ2) is 9.16. The van der Waals surface area contributed by atoms with Gasteiger partial charge in [0.25, 0.3) is 0 Å². The van der Waals surface area contributed by atoms with Crippen LogP contribution in [-0.4, -0.2) is 63.1 Å². The number of likely N-dealkylation sites (N-methyl/N-ethyl adjacent to an activating group) is 1. The molecule has 0 aliphatic rings. The molecule has 0 aliphatic heterocycles. The van der Waals surface area contributed by atoms with Crippen LogP contribution in [0.1, 0.15) is 19.8 Å². The van der Waals surface area contributed by atoms with Crippen LogP contribution in [0.25, 0.3) is 0 Å². The molecule has 0 spiro atoms. The summed E-state index contributed by atoms with van der Waals surface area (Å²) in [4.78, 5) is 2.31. The van der Waals surface area contributed by atoms with E-state index < -0.39 is 0 Å². The molecule has 0 aliphatic carbocycles. The van der Waals surface area contributed by atoms with Gasteiger partial charge in [-0.3, -0.25) is 4.90 Å². The molecule has 0 aromatic rings. The maximum Gasteiger partial charge on any atom is 0.158 e. The van der Waals surface area contributed by atoms with Crippen LogP contribution in [0.4, 0.5) is 0 Å². The van der Waals surface area contributed by atoms with E-state index in [-0.39, 0.29) is 11.8 Å². The Hall–Kier alpha value is 0.190. The van der Waals surface area contributed by atoms with Gasteiger partial charge in [0.2, 0.25) is 0 Å². The molecule has 0 heterocycles. The molecule has 0 fully saturated rings. The Morgan fingerprint density at radius 1 is 1.35 bits per heavy atom. The van der Waals surface area contributed by atoms with E-state index in [1.165, 1.54) is 12.2 Å². The lowest BCUT2D eigenvalue weighted by Crippen LogP contribution is -2.52. The Morgan fingerprint density at radius 2 is 1.94 bits per heavy atom. The molecule has 17 heavy (non-hydrogen) atoms. The highest BCUT2D eigenvalue weighted by Gasteiger charge is 2.30. The third kappa shape index (κ3) is 6.06. The van der Waals surface area contributed by atoms with Crippen molar-refractivity contribution in [3.63, 3.8) is 0 Å². The third-order valence-corrected chi connectivity index (χ3v) is 4.03. The molecule has 2 N–H and O–H groups in total. The van der Waals surface area contributed by atoms with E-state index in [1.807, 2.05) is 11.8 Å². The van der Waals surface area contributed by atoms with Gasteiger partial charge in [0.1, 0.15) is 0 Å². The Kier molecular flexibility index (Phi) is 9.27. The zero-order valence-electron chi connectivity index (χ0n) is 11.9. The normalized spacial score (nSPS) is 15.5. The Morgan fingerprint density at radius 3 is 2.35 bits per heavy atom. The van der Waals surface area contributed by atoms with E-state index in [1.54, 1.807) is 14.2 Å². The maximum absolute atomic E-state index is 5.91. The lowest BCUT2D eigenvalue weighted by atomic mass is 9.95. The smallest absolute Gasteiger partial charge is 0.158 e. The van der Waals surface area contributed by atoms with Crippen molar-refractivity contribution in [3.05, 3.63) is 0 Å². The van der Waals surface area contributed by atoms with Gasteiger partial charge in [-0.25, -0.2) is 0 Å². The van der Waals surface area contributed by atoms with E-state index in [4.69, 9.17) is 15.2 Å². The number of ether oxygens (including phenoxy) is 2. The van der Waals surface area contributed by atoms with Crippen molar-refractivity contribution in [2.45, 2.75) is 31.6 Å². The molecule has 0 saturated carbocycles. The van der Waals surface area contributed by atoms with Crippen LogP contribution in [-0.2, 0) is 9.47 Å². The van der Waals surface area contributed by atoms with Crippen molar-refractivity contribution in [2.24, 2.45) is 5.73 Å². The molecular formula is C12H28N2O2S. The minimum atomic E-state index is -0.188. The summed E-state index contributed by atoms with van der Waals surface area (Å²) in [5.41, 5.74) is 5.84. The lowest BCUT2D eigenvalue weighted by Gasteiger charge is -2.39. The van der Waals surface area contributed by atoms with Crippen LogP contribution in [0.3, 0.4) is 0 Å². The summed E-state index contributed by atoms with van der Waals surface area (Å²) in [6.45, 7) is 3.82. The second-order valence-electron chi connectivity index (χ2n) is 4.57. The zero-order valence-corrected chi connectivity index (χ0v) is 12.7. The van der Waals surface area contributed by atoms with Crippen molar-refractivity contribution >= 4 is 11.8 Å². The fourth-order valence-electron chi connectivity index (χ4n) is 1.73. The van der Waals surface area contributed by atoms with Gasteiger partial charge in [0.15, 0.2) is 6.29 Å². The standard InChI is InChI=1S/C12H28N2O2S/c1-12(10-13,9-11(15-3)16-4)14(2)7-6-8-17-5/h11H,6-10,13H2,1-5H3. The van der Waals surface area contributed by atoms with Crippen molar-refractivity contribution in [1.29, 1.82) is 0 Å². The molecule has 0 aromatic carbocycles. The first-order chi connectivity index (χ1) is 8.03. The topological polar surface area (TPSA) is 47.7 Å². The largest absolute Gasteiger partial charge is 0.356 e. The molecule has 1 atom stereocenters. The molecule has 5 heteroatoms. The number of hydrogen-bond donors (Lipinski definition) is 1. The molecule has 0 bridgehead atoms. The van der Waals surface area contributed by atoms with Crippen molar-refractivity contribution in [1.82, 2.24) is 4.90 Å². The second-order valence-corrected chi connectivity index (χ2v) is 5.56. The van der Waals surface area contributed by atoms with Crippen LogP contribution in [0.5, 0.6) is 0 Å². The molecular weight excluding hydrogens is 236 g/mol. The van der Waals surface area contributed by atoms with Gasteiger partial charge < -0.3 is 15.2 Å². The summed E-state index contributed by atoms with van der Waals surface area (Å²) in [6.07, 6.45) is 3.91. The first-order valence-electron chi connectivity index (χ1n) is 6.00. The van der Waals surface area contributed by atoms with Crippen molar-refractivity contribution in [2.75, 3.05) is 46.4 Å². The first-order valence-corrected chi connectivity index (χ1v) is 7.39. The number of rotatable bonds is 10. The van der Waals surface area contributed by atoms with Crippen LogP contribution < -0.4 is 5.73 Å². The molecule has 0 rings (SSSR count). The predicted octanol–water partition coefficient (Wildman–Crippen LogP) is 1.40. The summed E-state index contributed by atoms with van der Waals surface area (Å²) >= 11 is 1.88. The van der Waals surface area contributed by atoms with Gasteiger partial charge in [-0.05, 0) is 38.9 Å². The fourth-order valence-corrected chi connectivity index (χ4v) is 2.15. The van der Waals surface area contributed by atoms with E-state index >= 15 is 0 Å². The summed E-state index contributed by atoms with van der Waals surface area (Å²) in [5, 5.41) is 0. The number of thioether (sulfide) groups is 1. The molecule has 0 saturated heterocycles. The van der Waals surface area contributed by atoms with Gasteiger partial charge in [0, 0.05) is 32.7 Å². The number of hydrogen-bond acceptors (Lipinski definition) is 5. The molecule has 0 radical (unpaired) electrons. The summed E-state index contributed by atoms with van der Waals surface area (Å²) in [5.74, 6) is 1.18. The summed E-state index contributed by atoms with van der Waals surface area (Å²) in [7, 11) is 5.45. The van der Waals surface area contributed by atoms with E-state index in [0.717, 1.165) is 13.0 Å². The third-order valence-electron chi connectivity index (χ3n) is 3.34. The Balaban J connectivity index is 4.31. The molecule has 0 aromatic heterocycles. The fraction of sp³-hybridized carbons (Fsp3) is 1.00. The van der Waals surface area contributed by atoms with Gasteiger partial charge in [0.05, 0.1) is 0 Å². The number of nitrogens with zero attached hydrogens (tertiary/aromatic N) is 1. The highest BCUT2D eigenvalue weighted by Crippen LogP contribution is 2.21. The van der Waals surface area contributed by atoms with Gasteiger partial charge in [-0.2, -0.15) is 11.8 Å². The average Bonchev–Trinajstić information content (AvgIpc) is 2.35. The molecule has 0 amide bonds. The molecule has 4 nitrogen and oxygen atoms in total. The first kappa shape index (κ1) is 17.2. The van der Waals surface area contributed by atoms with Gasteiger partial charge in [-0.15, -0.1) is 0 Å². The van der Waals surface area contributed by atoms with E-state index in [0.29, 0.717) is 6.54 Å². The van der Waals surface area contributed by atoms with E-state index in [2.05, 4.69) is 25.1 Å². The monoisotopic (exact) mass is 264 g/mol. The van der Waals surface area contributed by atoms with Crippen LogP contribution in [0, 0.1) is 0 Å². The van der Waals surface area contributed by atoms with Gasteiger partial charge in [-0.1, -0.05) is 0 Å². The van der Waals surface area contributed by atoms with Gasteiger partial charge >= 0.3 is 0 Å².